The fourth-order valence-corrected chi connectivity index (χ4v) is 4.09. The number of benzene rings is 1. The fourth-order valence-electron chi connectivity index (χ4n) is 2.68. The number of carbonyl (C=O) groups is 2. The molecule has 1 aromatic carbocycles. The lowest BCUT2D eigenvalue weighted by molar-refractivity contribution is -0.137. The summed E-state index contributed by atoms with van der Waals surface area (Å²) in [6.45, 7) is 5.04. The van der Waals surface area contributed by atoms with Crippen LogP contribution in [0.3, 0.4) is 0 Å². The number of amides is 1. The molecule has 0 radical (unpaired) electrons. The molecule has 1 amide bonds. The van der Waals surface area contributed by atoms with Crippen LogP contribution in [0.1, 0.15) is 30.6 Å². The molecule has 0 unspecified atom stereocenters. The maximum atomic E-state index is 12.6. The Morgan fingerprint density at radius 1 is 1.19 bits per heavy atom. The zero-order chi connectivity index (χ0) is 19.3. The van der Waals surface area contributed by atoms with Crippen molar-refractivity contribution in [2.24, 2.45) is 0 Å². The number of carboxylic acids is 1. The third-order valence-corrected chi connectivity index (χ3v) is 6.07. The van der Waals surface area contributed by atoms with Gasteiger partial charge in [-0.15, -0.1) is 0 Å². The molecule has 0 saturated carbocycles. The lowest BCUT2D eigenvalue weighted by atomic mass is 10.1. The number of hydrogen-bond acceptors (Lipinski definition) is 5. The number of aliphatic carboxylic acids is 1. The summed E-state index contributed by atoms with van der Waals surface area (Å²) < 4.78 is 31.7. The number of nitrogens with zero attached hydrogens (tertiary/aromatic N) is 2. The van der Waals surface area contributed by atoms with Crippen molar-refractivity contribution >= 4 is 21.9 Å². The summed E-state index contributed by atoms with van der Waals surface area (Å²) in [5.41, 5.74) is 0.324. The molecule has 0 aliphatic carbocycles. The highest BCUT2D eigenvalue weighted by Gasteiger charge is 2.27. The van der Waals surface area contributed by atoms with E-state index in [0.717, 1.165) is 0 Å². The van der Waals surface area contributed by atoms with E-state index >= 15 is 0 Å². The van der Waals surface area contributed by atoms with Gasteiger partial charge in [0.15, 0.2) is 0 Å². The summed E-state index contributed by atoms with van der Waals surface area (Å²) in [5.74, 6) is -1.30. The van der Waals surface area contributed by atoms with Crippen LogP contribution in [0.25, 0.3) is 0 Å². The van der Waals surface area contributed by atoms with Gasteiger partial charge < -0.3 is 14.7 Å². The third-order valence-electron chi connectivity index (χ3n) is 4.16. The zero-order valence-electron chi connectivity index (χ0n) is 14.9. The molecule has 1 aromatic rings. The van der Waals surface area contributed by atoms with E-state index in [1.165, 1.54) is 33.5 Å². The Morgan fingerprint density at radius 3 is 2.27 bits per heavy atom. The van der Waals surface area contributed by atoms with Crippen LogP contribution >= 0.6 is 0 Å². The monoisotopic (exact) mass is 384 g/mol. The molecule has 1 heterocycles. The van der Waals surface area contributed by atoms with Crippen molar-refractivity contribution in [3.8, 4) is 0 Å². The van der Waals surface area contributed by atoms with Gasteiger partial charge in [-0.05, 0) is 38.1 Å². The van der Waals surface area contributed by atoms with Crippen LogP contribution < -0.4 is 0 Å². The lowest BCUT2D eigenvalue weighted by Crippen LogP contribution is -2.40. The quantitative estimate of drug-likeness (QED) is 0.753. The van der Waals surface area contributed by atoms with Gasteiger partial charge >= 0.3 is 5.97 Å². The first-order valence-electron chi connectivity index (χ1n) is 8.44. The molecule has 0 aromatic heterocycles. The molecule has 8 nitrogen and oxygen atoms in total. The second kappa shape index (κ2) is 8.61. The molecule has 1 fully saturated rings. The highest BCUT2D eigenvalue weighted by Crippen LogP contribution is 2.19. The van der Waals surface area contributed by atoms with Crippen molar-refractivity contribution in [2.45, 2.75) is 31.2 Å². The molecule has 9 heteroatoms. The third kappa shape index (κ3) is 4.80. The highest BCUT2D eigenvalue weighted by atomic mass is 32.2. The van der Waals surface area contributed by atoms with Crippen molar-refractivity contribution in [3.63, 3.8) is 0 Å². The number of rotatable bonds is 7. The number of ether oxygens (including phenoxy) is 1. The minimum absolute atomic E-state index is 0.0969. The molecule has 1 N–H and O–H groups in total. The second-order valence-corrected chi connectivity index (χ2v) is 8.21. The van der Waals surface area contributed by atoms with E-state index in [0.29, 0.717) is 31.9 Å². The van der Waals surface area contributed by atoms with Crippen molar-refractivity contribution in [3.05, 3.63) is 29.8 Å². The summed E-state index contributed by atoms with van der Waals surface area (Å²) in [5, 5.41) is 8.83. The normalized spacial score (nSPS) is 15.8. The van der Waals surface area contributed by atoms with Crippen LogP contribution in [0.15, 0.2) is 29.2 Å². The van der Waals surface area contributed by atoms with Gasteiger partial charge in [-0.25, -0.2) is 8.42 Å². The largest absolute Gasteiger partial charge is 0.481 e. The Hall–Kier alpha value is -1.97. The standard InChI is InChI=1S/C17H24N2O6S/c1-13(2)19(8-7-16(20)21)17(22)14-3-5-15(6-4-14)26(23,24)18-9-11-25-12-10-18/h3-6,13H,7-12H2,1-2H3,(H,20,21). The van der Waals surface area contributed by atoms with Gasteiger partial charge in [-0.1, -0.05) is 0 Å². The zero-order valence-corrected chi connectivity index (χ0v) is 15.7. The molecule has 26 heavy (non-hydrogen) atoms. The number of morpholine rings is 1. The maximum absolute atomic E-state index is 12.6. The summed E-state index contributed by atoms with van der Waals surface area (Å²) in [6.07, 6.45) is -0.145. The van der Waals surface area contributed by atoms with E-state index in [-0.39, 0.29) is 29.8 Å². The van der Waals surface area contributed by atoms with E-state index in [1.807, 2.05) is 0 Å². The average molecular weight is 384 g/mol. The van der Waals surface area contributed by atoms with E-state index < -0.39 is 16.0 Å². The molecule has 0 atom stereocenters. The fraction of sp³-hybridized carbons (Fsp3) is 0.529. The highest BCUT2D eigenvalue weighted by molar-refractivity contribution is 7.89. The van der Waals surface area contributed by atoms with Gasteiger partial charge in [0.2, 0.25) is 10.0 Å². The van der Waals surface area contributed by atoms with Gasteiger partial charge in [0.05, 0.1) is 24.5 Å². The first-order chi connectivity index (χ1) is 12.2. The number of carboxylic acid groups (broad SMARTS) is 1. The van der Waals surface area contributed by atoms with Gasteiger partial charge in [0.25, 0.3) is 5.91 Å². The summed E-state index contributed by atoms with van der Waals surface area (Å²) >= 11 is 0. The molecule has 1 aliphatic heterocycles. The summed E-state index contributed by atoms with van der Waals surface area (Å²) in [7, 11) is -3.61. The minimum Gasteiger partial charge on any atom is -0.481 e. The van der Waals surface area contributed by atoms with Crippen LogP contribution in [0.2, 0.25) is 0 Å². The molecule has 0 bridgehead atoms. The Bertz CT molecular complexity index is 739. The number of sulfonamides is 1. The van der Waals surface area contributed by atoms with Crippen molar-refractivity contribution in [1.29, 1.82) is 0 Å². The van der Waals surface area contributed by atoms with E-state index in [4.69, 9.17) is 9.84 Å². The first kappa shape index (κ1) is 20.3. The van der Waals surface area contributed by atoms with Gasteiger partial charge in [-0.2, -0.15) is 4.31 Å². The molecule has 1 saturated heterocycles. The van der Waals surface area contributed by atoms with Gasteiger partial charge in [0, 0.05) is 31.2 Å². The molecule has 1 aliphatic rings. The van der Waals surface area contributed by atoms with Crippen molar-refractivity contribution < 1.29 is 27.9 Å². The van der Waals surface area contributed by atoms with E-state index in [2.05, 4.69) is 0 Å². The predicted octanol–water partition coefficient (Wildman–Crippen LogP) is 1.03. The van der Waals surface area contributed by atoms with Gasteiger partial charge in [0.1, 0.15) is 0 Å². The molecular weight excluding hydrogens is 360 g/mol. The van der Waals surface area contributed by atoms with Crippen molar-refractivity contribution in [1.82, 2.24) is 9.21 Å². The Kier molecular flexibility index (Phi) is 6.74. The van der Waals surface area contributed by atoms with Gasteiger partial charge in [-0.3, -0.25) is 9.59 Å². The number of carbonyl (C=O) groups excluding carboxylic acids is 1. The molecule has 0 spiro atoms. The Morgan fingerprint density at radius 2 is 1.77 bits per heavy atom. The van der Waals surface area contributed by atoms with Crippen LogP contribution in [0.4, 0.5) is 0 Å². The van der Waals surface area contributed by atoms with E-state index in [9.17, 15) is 18.0 Å². The topological polar surface area (TPSA) is 104 Å². The van der Waals surface area contributed by atoms with Crippen LogP contribution in [0.5, 0.6) is 0 Å². The SMILES string of the molecule is CC(C)N(CCC(=O)O)C(=O)c1ccc(S(=O)(=O)N2CCOCC2)cc1. The number of hydrogen-bond donors (Lipinski definition) is 1. The Labute approximate surface area is 153 Å². The van der Waals surface area contributed by atoms with Crippen molar-refractivity contribution in [2.75, 3.05) is 32.8 Å². The maximum Gasteiger partial charge on any atom is 0.305 e. The van der Waals surface area contributed by atoms with E-state index in [1.54, 1.807) is 13.8 Å². The average Bonchev–Trinajstić information content (AvgIpc) is 2.62. The lowest BCUT2D eigenvalue weighted by Gasteiger charge is -2.27. The summed E-state index contributed by atoms with van der Waals surface area (Å²) in [4.78, 5) is 25.0. The summed E-state index contributed by atoms with van der Waals surface area (Å²) in [6, 6.07) is 5.58. The Balaban J connectivity index is 2.16. The predicted molar refractivity (Wildman–Crippen MR) is 94.4 cm³/mol. The second-order valence-electron chi connectivity index (χ2n) is 6.28. The molecule has 144 valence electrons. The smallest absolute Gasteiger partial charge is 0.305 e. The minimum atomic E-state index is -3.61. The van der Waals surface area contributed by atoms with Crippen LogP contribution in [-0.4, -0.2) is 73.5 Å². The van der Waals surface area contributed by atoms with Crippen LogP contribution in [-0.2, 0) is 19.6 Å². The first-order valence-corrected chi connectivity index (χ1v) is 9.88. The van der Waals surface area contributed by atoms with Crippen LogP contribution in [0, 0.1) is 0 Å². The molecular formula is C17H24N2O6S. The molecule has 2 rings (SSSR count).